The number of nitrogens with one attached hydrogen (secondary N) is 1. The van der Waals surface area contributed by atoms with Crippen molar-refractivity contribution in [3.05, 3.63) is 28.3 Å². The molecule has 1 fully saturated rings. The van der Waals surface area contributed by atoms with E-state index >= 15 is 0 Å². The van der Waals surface area contributed by atoms with Gasteiger partial charge in [-0.3, -0.25) is 10.1 Å². The molecule has 0 radical (unpaired) electrons. The molecule has 5 nitrogen and oxygen atoms in total. The fourth-order valence-electron chi connectivity index (χ4n) is 2.20. The molecule has 0 heterocycles. The predicted molar refractivity (Wildman–Crippen MR) is 70.1 cm³/mol. The first-order chi connectivity index (χ1) is 8.54. The molecule has 0 bridgehead atoms. The Hall–Kier alpha value is -1.78. The van der Waals surface area contributed by atoms with E-state index in [2.05, 4.69) is 12.2 Å². The second-order valence-electron chi connectivity index (χ2n) is 5.16. The highest BCUT2D eigenvalue weighted by molar-refractivity contribution is 5.64. The zero-order valence-corrected chi connectivity index (χ0v) is 10.7. The molecule has 0 amide bonds. The van der Waals surface area contributed by atoms with Gasteiger partial charge in [0.1, 0.15) is 11.4 Å². The lowest BCUT2D eigenvalue weighted by Gasteiger charge is -2.38. The van der Waals surface area contributed by atoms with Gasteiger partial charge < -0.3 is 10.1 Å². The molecule has 0 spiro atoms. The molecule has 1 saturated carbocycles. The summed E-state index contributed by atoms with van der Waals surface area (Å²) in [7, 11) is 1.50. The third kappa shape index (κ3) is 2.55. The third-order valence-electron chi connectivity index (χ3n) is 3.67. The molecule has 2 rings (SSSR count). The van der Waals surface area contributed by atoms with Gasteiger partial charge in [0.25, 0.3) is 5.69 Å². The van der Waals surface area contributed by atoms with E-state index in [1.807, 2.05) is 0 Å². The van der Waals surface area contributed by atoms with E-state index in [1.165, 1.54) is 32.4 Å². The summed E-state index contributed by atoms with van der Waals surface area (Å²) in [5.41, 5.74) is 0.916. The molecule has 0 aliphatic heterocycles. The maximum atomic E-state index is 11.0. The molecule has 98 valence electrons. The highest BCUT2D eigenvalue weighted by Gasteiger charge is 2.31. The SMILES string of the molecule is COc1ccc(NCC2(C)CCC2)c([N+](=O)[O-])c1. The average Bonchev–Trinajstić information content (AvgIpc) is 2.33. The van der Waals surface area contributed by atoms with Crippen LogP contribution < -0.4 is 10.1 Å². The quantitative estimate of drug-likeness (QED) is 0.643. The molecular weight excluding hydrogens is 232 g/mol. The first-order valence-electron chi connectivity index (χ1n) is 6.10. The molecule has 0 atom stereocenters. The molecule has 1 aromatic rings. The Morgan fingerprint density at radius 3 is 2.72 bits per heavy atom. The van der Waals surface area contributed by atoms with Gasteiger partial charge in [-0.25, -0.2) is 0 Å². The standard InChI is InChI=1S/C13H18N2O3/c1-13(6-3-7-13)9-14-11-5-4-10(18-2)8-12(11)15(16)17/h4-5,8,14H,3,6-7,9H2,1-2H3. The Kier molecular flexibility index (Phi) is 3.41. The number of hydrogen-bond donors (Lipinski definition) is 1. The second-order valence-corrected chi connectivity index (χ2v) is 5.16. The normalized spacial score (nSPS) is 16.8. The number of ether oxygens (including phenoxy) is 1. The van der Waals surface area contributed by atoms with E-state index in [0.29, 0.717) is 11.4 Å². The van der Waals surface area contributed by atoms with E-state index < -0.39 is 0 Å². The average molecular weight is 250 g/mol. The Morgan fingerprint density at radius 2 is 2.22 bits per heavy atom. The van der Waals surface area contributed by atoms with Gasteiger partial charge in [0.05, 0.1) is 18.1 Å². The molecule has 1 aliphatic carbocycles. The monoisotopic (exact) mass is 250 g/mol. The number of nitro benzene ring substituents is 1. The summed E-state index contributed by atoms with van der Waals surface area (Å²) in [5.74, 6) is 0.502. The predicted octanol–water partition coefficient (Wildman–Crippen LogP) is 3.21. The highest BCUT2D eigenvalue weighted by Crippen LogP contribution is 2.41. The number of anilines is 1. The van der Waals surface area contributed by atoms with Crippen LogP contribution in [0.15, 0.2) is 18.2 Å². The first-order valence-corrected chi connectivity index (χ1v) is 6.10. The van der Waals surface area contributed by atoms with Crippen LogP contribution in [0.25, 0.3) is 0 Å². The minimum absolute atomic E-state index is 0.0669. The third-order valence-corrected chi connectivity index (χ3v) is 3.67. The second kappa shape index (κ2) is 4.84. The van der Waals surface area contributed by atoms with Crippen LogP contribution in [0.5, 0.6) is 5.75 Å². The van der Waals surface area contributed by atoms with Crippen molar-refractivity contribution >= 4 is 11.4 Å². The van der Waals surface area contributed by atoms with Gasteiger partial charge in [0, 0.05) is 6.54 Å². The molecule has 0 aromatic heterocycles. The van der Waals surface area contributed by atoms with Crippen LogP contribution in [0.1, 0.15) is 26.2 Å². The molecule has 1 aromatic carbocycles. The van der Waals surface area contributed by atoms with E-state index in [-0.39, 0.29) is 16.0 Å². The summed E-state index contributed by atoms with van der Waals surface area (Å²) in [6.45, 7) is 2.99. The van der Waals surface area contributed by atoms with E-state index in [9.17, 15) is 10.1 Å². The van der Waals surface area contributed by atoms with Crippen LogP contribution in [0.3, 0.4) is 0 Å². The maximum absolute atomic E-state index is 11.0. The number of nitrogens with zero attached hydrogens (tertiary/aromatic N) is 1. The van der Waals surface area contributed by atoms with Gasteiger partial charge >= 0.3 is 0 Å². The van der Waals surface area contributed by atoms with Crippen molar-refractivity contribution in [2.45, 2.75) is 26.2 Å². The lowest BCUT2D eigenvalue weighted by atomic mass is 9.70. The molecular formula is C13H18N2O3. The van der Waals surface area contributed by atoms with Crippen LogP contribution in [-0.2, 0) is 0 Å². The van der Waals surface area contributed by atoms with Gasteiger partial charge in [-0.2, -0.15) is 0 Å². The van der Waals surface area contributed by atoms with Crippen LogP contribution in [0.2, 0.25) is 0 Å². The first kappa shape index (κ1) is 12.7. The molecule has 1 N–H and O–H groups in total. The van der Waals surface area contributed by atoms with E-state index in [1.54, 1.807) is 12.1 Å². The van der Waals surface area contributed by atoms with Gasteiger partial charge in [-0.15, -0.1) is 0 Å². The van der Waals surface area contributed by atoms with Crippen molar-refractivity contribution in [3.8, 4) is 5.75 Å². The summed E-state index contributed by atoms with van der Waals surface area (Å²) in [6, 6.07) is 4.89. The summed E-state index contributed by atoms with van der Waals surface area (Å²) in [5, 5.41) is 14.2. The van der Waals surface area contributed by atoms with Crippen LogP contribution in [-0.4, -0.2) is 18.6 Å². The number of benzene rings is 1. The number of rotatable bonds is 5. The minimum Gasteiger partial charge on any atom is -0.496 e. The fourth-order valence-corrected chi connectivity index (χ4v) is 2.20. The number of nitro groups is 1. The number of methoxy groups -OCH3 is 1. The molecule has 0 unspecified atom stereocenters. The maximum Gasteiger partial charge on any atom is 0.296 e. The van der Waals surface area contributed by atoms with Crippen molar-refractivity contribution in [2.24, 2.45) is 5.41 Å². The van der Waals surface area contributed by atoms with Crippen molar-refractivity contribution in [2.75, 3.05) is 19.0 Å². The van der Waals surface area contributed by atoms with Gasteiger partial charge in [0.2, 0.25) is 0 Å². The lowest BCUT2D eigenvalue weighted by molar-refractivity contribution is -0.384. The minimum atomic E-state index is -0.381. The van der Waals surface area contributed by atoms with E-state index in [0.717, 1.165) is 6.54 Å². The molecule has 5 heteroatoms. The zero-order valence-electron chi connectivity index (χ0n) is 10.7. The Labute approximate surface area is 106 Å². The summed E-state index contributed by atoms with van der Waals surface area (Å²) in [6.07, 6.45) is 3.62. The highest BCUT2D eigenvalue weighted by atomic mass is 16.6. The molecule has 18 heavy (non-hydrogen) atoms. The lowest BCUT2D eigenvalue weighted by Crippen LogP contribution is -2.33. The van der Waals surface area contributed by atoms with Crippen molar-refractivity contribution < 1.29 is 9.66 Å². The van der Waals surface area contributed by atoms with Crippen LogP contribution in [0, 0.1) is 15.5 Å². The molecule has 1 aliphatic rings. The number of hydrogen-bond acceptors (Lipinski definition) is 4. The zero-order chi connectivity index (χ0) is 13.2. The van der Waals surface area contributed by atoms with Gasteiger partial charge in [-0.1, -0.05) is 13.3 Å². The summed E-state index contributed by atoms with van der Waals surface area (Å²) >= 11 is 0. The smallest absolute Gasteiger partial charge is 0.296 e. The van der Waals surface area contributed by atoms with Crippen molar-refractivity contribution in [3.63, 3.8) is 0 Å². The van der Waals surface area contributed by atoms with Crippen LogP contribution in [0.4, 0.5) is 11.4 Å². The molecule has 0 saturated heterocycles. The fraction of sp³-hybridized carbons (Fsp3) is 0.538. The van der Waals surface area contributed by atoms with Gasteiger partial charge in [-0.05, 0) is 30.4 Å². The Morgan fingerprint density at radius 1 is 1.50 bits per heavy atom. The topological polar surface area (TPSA) is 64.4 Å². The van der Waals surface area contributed by atoms with Gasteiger partial charge in [0.15, 0.2) is 0 Å². The van der Waals surface area contributed by atoms with Crippen LogP contribution >= 0.6 is 0 Å². The largest absolute Gasteiger partial charge is 0.496 e. The Balaban J connectivity index is 2.13. The van der Waals surface area contributed by atoms with E-state index in [4.69, 9.17) is 4.74 Å². The summed E-state index contributed by atoms with van der Waals surface area (Å²) in [4.78, 5) is 10.6. The Bertz CT molecular complexity index is 456. The summed E-state index contributed by atoms with van der Waals surface area (Å²) < 4.78 is 5.01. The van der Waals surface area contributed by atoms with Crippen molar-refractivity contribution in [1.29, 1.82) is 0 Å². The van der Waals surface area contributed by atoms with Crippen molar-refractivity contribution in [1.82, 2.24) is 0 Å².